The number of ketones is 1. The molecule has 0 saturated carbocycles. The standard InChI is InChI=1S/C38H28Cl2N2O4/c39-33-12-7-13-34(40)32(33)22-23-36(43)28-16-18-30(19-17-28)41-38(45)35(42-37(44)29-10-5-2-6-11-29)24-26-14-20-31(21-15-26)46-25-27-8-3-1-4-9-27/h1-24H,25H2,(H,41,45)(H,42,44)/b23-22+,35-24-. The molecule has 228 valence electrons. The second-order valence-electron chi connectivity index (χ2n) is 10.1. The number of allylic oxidation sites excluding steroid dienone is 1. The SMILES string of the molecule is O=C(Nc1ccc(C(=O)/C=C/c2c(Cl)cccc2Cl)cc1)/C(=C/c1ccc(OCc2ccccc2)cc1)NC(=O)c1ccccc1. The summed E-state index contributed by atoms with van der Waals surface area (Å²) in [7, 11) is 0. The van der Waals surface area contributed by atoms with Gasteiger partial charge in [-0.25, -0.2) is 0 Å². The van der Waals surface area contributed by atoms with Gasteiger partial charge in [-0.1, -0.05) is 89.9 Å². The lowest BCUT2D eigenvalue weighted by atomic mass is 10.1. The van der Waals surface area contributed by atoms with Crippen molar-refractivity contribution in [2.75, 3.05) is 5.32 Å². The summed E-state index contributed by atoms with van der Waals surface area (Å²) < 4.78 is 5.87. The highest BCUT2D eigenvalue weighted by Crippen LogP contribution is 2.26. The molecule has 0 aliphatic heterocycles. The van der Waals surface area contributed by atoms with Crippen molar-refractivity contribution in [3.8, 4) is 5.75 Å². The Morgan fingerprint density at radius 3 is 1.96 bits per heavy atom. The van der Waals surface area contributed by atoms with Crippen molar-refractivity contribution < 1.29 is 19.1 Å². The molecule has 0 spiro atoms. The van der Waals surface area contributed by atoms with Crippen molar-refractivity contribution in [2.45, 2.75) is 6.61 Å². The second-order valence-corrected chi connectivity index (χ2v) is 10.9. The number of hydrogen-bond donors (Lipinski definition) is 2. The highest BCUT2D eigenvalue weighted by atomic mass is 35.5. The van der Waals surface area contributed by atoms with Crippen LogP contribution in [0, 0.1) is 0 Å². The smallest absolute Gasteiger partial charge is 0.272 e. The van der Waals surface area contributed by atoms with Crippen LogP contribution < -0.4 is 15.4 Å². The fraction of sp³-hybridized carbons (Fsp3) is 0.0263. The van der Waals surface area contributed by atoms with Gasteiger partial charge in [0.25, 0.3) is 11.8 Å². The van der Waals surface area contributed by atoms with E-state index in [-0.39, 0.29) is 11.5 Å². The molecule has 8 heteroatoms. The minimum Gasteiger partial charge on any atom is -0.489 e. The number of anilines is 1. The van der Waals surface area contributed by atoms with Gasteiger partial charge in [0.15, 0.2) is 5.78 Å². The molecule has 2 amide bonds. The Labute approximate surface area is 277 Å². The zero-order valence-corrected chi connectivity index (χ0v) is 26.0. The predicted octanol–water partition coefficient (Wildman–Crippen LogP) is 8.88. The molecule has 5 rings (SSSR count). The van der Waals surface area contributed by atoms with E-state index in [2.05, 4.69) is 10.6 Å². The van der Waals surface area contributed by atoms with E-state index >= 15 is 0 Å². The Balaban J connectivity index is 1.30. The van der Waals surface area contributed by atoms with Gasteiger partial charge in [-0.2, -0.15) is 0 Å². The molecule has 0 unspecified atom stereocenters. The Bertz CT molecular complexity index is 1870. The number of nitrogens with one attached hydrogen (secondary N) is 2. The predicted molar refractivity (Wildman–Crippen MR) is 184 cm³/mol. The van der Waals surface area contributed by atoms with Crippen LogP contribution in [0.25, 0.3) is 12.2 Å². The summed E-state index contributed by atoms with van der Waals surface area (Å²) in [5.41, 5.74) is 3.55. The normalized spacial score (nSPS) is 11.2. The lowest BCUT2D eigenvalue weighted by molar-refractivity contribution is -0.113. The lowest BCUT2D eigenvalue weighted by Crippen LogP contribution is -2.30. The molecule has 46 heavy (non-hydrogen) atoms. The van der Waals surface area contributed by atoms with Gasteiger partial charge >= 0.3 is 0 Å². The van der Waals surface area contributed by atoms with Gasteiger partial charge in [-0.15, -0.1) is 0 Å². The average molecular weight is 648 g/mol. The van der Waals surface area contributed by atoms with Gasteiger partial charge in [0, 0.05) is 32.4 Å². The van der Waals surface area contributed by atoms with Crippen LogP contribution in [-0.4, -0.2) is 17.6 Å². The van der Waals surface area contributed by atoms with E-state index in [1.165, 1.54) is 6.08 Å². The fourth-order valence-electron chi connectivity index (χ4n) is 4.35. The summed E-state index contributed by atoms with van der Waals surface area (Å²) in [6, 6.07) is 37.1. The molecule has 0 atom stereocenters. The number of benzene rings is 5. The minimum atomic E-state index is -0.541. The summed E-state index contributed by atoms with van der Waals surface area (Å²) >= 11 is 12.4. The molecule has 0 saturated heterocycles. The van der Waals surface area contributed by atoms with E-state index in [0.29, 0.717) is 50.3 Å². The third-order valence-corrected chi connectivity index (χ3v) is 7.46. The third-order valence-electron chi connectivity index (χ3n) is 6.80. The first kappa shape index (κ1) is 32.0. The van der Waals surface area contributed by atoms with Crippen LogP contribution in [0.4, 0.5) is 5.69 Å². The van der Waals surface area contributed by atoms with Gasteiger partial charge in [-0.3, -0.25) is 14.4 Å². The first-order chi connectivity index (χ1) is 22.4. The number of halogens is 2. The van der Waals surface area contributed by atoms with Crippen molar-refractivity contribution >= 4 is 58.6 Å². The first-order valence-electron chi connectivity index (χ1n) is 14.3. The first-order valence-corrected chi connectivity index (χ1v) is 15.0. The highest BCUT2D eigenvalue weighted by Gasteiger charge is 2.16. The molecule has 5 aromatic carbocycles. The van der Waals surface area contributed by atoms with Crippen LogP contribution in [0.2, 0.25) is 10.0 Å². The number of amides is 2. The number of rotatable bonds is 11. The maximum atomic E-state index is 13.4. The molecule has 6 nitrogen and oxygen atoms in total. The maximum Gasteiger partial charge on any atom is 0.272 e. The molecule has 0 heterocycles. The molecule has 5 aromatic rings. The molecule has 0 aliphatic carbocycles. The molecule has 0 aliphatic rings. The third kappa shape index (κ3) is 8.82. The number of carbonyl (C=O) groups excluding carboxylic acids is 3. The summed E-state index contributed by atoms with van der Waals surface area (Å²) in [5.74, 6) is -0.572. The quantitative estimate of drug-likeness (QED) is 0.111. The van der Waals surface area contributed by atoms with E-state index in [1.54, 1.807) is 109 Å². The van der Waals surface area contributed by atoms with Gasteiger partial charge in [-0.05, 0) is 90.0 Å². The largest absolute Gasteiger partial charge is 0.489 e. The molecule has 0 aromatic heterocycles. The Kier molecular flexibility index (Phi) is 10.8. The average Bonchev–Trinajstić information content (AvgIpc) is 3.08. The minimum absolute atomic E-state index is 0.0338. The van der Waals surface area contributed by atoms with Crippen LogP contribution in [0.1, 0.15) is 37.4 Å². The van der Waals surface area contributed by atoms with E-state index in [4.69, 9.17) is 27.9 Å². The van der Waals surface area contributed by atoms with E-state index in [9.17, 15) is 14.4 Å². The lowest BCUT2D eigenvalue weighted by Gasteiger charge is -2.12. The van der Waals surface area contributed by atoms with Gasteiger partial charge in [0.1, 0.15) is 18.1 Å². The summed E-state index contributed by atoms with van der Waals surface area (Å²) in [5, 5.41) is 6.40. The molecule has 0 radical (unpaired) electrons. The van der Waals surface area contributed by atoms with Gasteiger partial charge < -0.3 is 15.4 Å². The van der Waals surface area contributed by atoms with Crippen molar-refractivity contribution in [2.24, 2.45) is 0 Å². The van der Waals surface area contributed by atoms with Crippen molar-refractivity contribution in [3.63, 3.8) is 0 Å². The van der Waals surface area contributed by atoms with Crippen LogP contribution in [0.5, 0.6) is 5.75 Å². The number of hydrogen-bond acceptors (Lipinski definition) is 4. The molecule has 2 N–H and O–H groups in total. The Morgan fingerprint density at radius 1 is 0.674 bits per heavy atom. The number of carbonyl (C=O) groups is 3. The molecular weight excluding hydrogens is 619 g/mol. The van der Waals surface area contributed by atoms with Crippen LogP contribution in [-0.2, 0) is 11.4 Å². The van der Waals surface area contributed by atoms with E-state index in [0.717, 1.165) is 5.56 Å². The number of ether oxygens (including phenoxy) is 1. The summed E-state index contributed by atoms with van der Waals surface area (Å²) in [4.78, 5) is 39.2. The highest BCUT2D eigenvalue weighted by molar-refractivity contribution is 6.37. The summed E-state index contributed by atoms with van der Waals surface area (Å²) in [6.45, 7) is 0.424. The summed E-state index contributed by atoms with van der Waals surface area (Å²) in [6.07, 6.45) is 4.54. The molecule has 0 bridgehead atoms. The van der Waals surface area contributed by atoms with Crippen molar-refractivity contribution in [1.82, 2.24) is 5.32 Å². The van der Waals surface area contributed by atoms with Crippen molar-refractivity contribution in [1.29, 1.82) is 0 Å². The van der Waals surface area contributed by atoms with Crippen LogP contribution >= 0.6 is 23.2 Å². The zero-order chi connectivity index (χ0) is 32.3. The fourth-order valence-corrected chi connectivity index (χ4v) is 4.88. The maximum absolute atomic E-state index is 13.4. The topological polar surface area (TPSA) is 84.5 Å². The second kappa shape index (κ2) is 15.5. The zero-order valence-electron chi connectivity index (χ0n) is 24.5. The Morgan fingerprint density at radius 2 is 1.30 bits per heavy atom. The molecule has 0 fully saturated rings. The van der Waals surface area contributed by atoms with Crippen LogP contribution in [0.15, 0.2) is 139 Å². The van der Waals surface area contributed by atoms with Gasteiger partial charge in [0.05, 0.1) is 0 Å². The molecular formula is C38H28Cl2N2O4. The van der Waals surface area contributed by atoms with E-state index < -0.39 is 11.8 Å². The van der Waals surface area contributed by atoms with Gasteiger partial charge in [0.2, 0.25) is 0 Å². The van der Waals surface area contributed by atoms with Crippen LogP contribution in [0.3, 0.4) is 0 Å². The Hall–Kier alpha value is -5.43. The monoisotopic (exact) mass is 646 g/mol. The van der Waals surface area contributed by atoms with Crippen molar-refractivity contribution in [3.05, 3.63) is 177 Å². The van der Waals surface area contributed by atoms with E-state index in [1.807, 2.05) is 30.3 Å².